The number of aliphatic hydroxyl groups excluding tert-OH is 1. The Hall–Kier alpha value is -3.06. The third kappa shape index (κ3) is 5.47. The van der Waals surface area contributed by atoms with Crippen molar-refractivity contribution in [1.82, 2.24) is 14.8 Å². The van der Waals surface area contributed by atoms with Crippen LogP contribution in [0.5, 0.6) is 5.75 Å². The topological polar surface area (TPSA) is 75.4 Å². The van der Waals surface area contributed by atoms with Gasteiger partial charge in [0.25, 0.3) is 0 Å². The summed E-state index contributed by atoms with van der Waals surface area (Å²) >= 11 is 0. The number of hydrogen-bond acceptors (Lipinski definition) is 6. The predicted molar refractivity (Wildman–Crippen MR) is 111 cm³/mol. The standard InChI is InChI=1S/C21H27N5O2/c1-25(18-9-4-3-5-10-18)15-17-8-6-11-19(14-17)28-13-7-12-22-21-23-20(16-27)24-26(21)2/h3-6,8-11,14,27H,7,12-13,15-16H2,1-2H3,(H,22,23,24). The molecule has 0 aliphatic rings. The average Bonchev–Trinajstić information content (AvgIpc) is 3.08. The van der Waals surface area contributed by atoms with Crippen molar-refractivity contribution in [2.24, 2.45) is 7.05 Å². The van der Waals surface area contributed by atoms with Crippen LogP contribution in [0.25, 0.3) is 0 Å². The molecule has 0 aliphatic carbocycles. The first-order chi connectivity index (χ1) is 13.7. The van der Waals surface area contributed by atoms with Crippen LogP contribution in [0.15, 0.2) is 54.6 Å². The maximum absolute atomic E-state index is 9.06. The van der Waals surface area contributed by atoms with Crippen LogP contribution in [0.2, 0.25) is 0 Å². The van der Waals surface area contributed by atoms with Gasteiger partial charge in [0.1, 0.15) is 12.4 Å². The Morgan fingerprint density at radius 1 is 1.14 bits per heavy atom. The van der Waals surface area contributed by atoms with Gasteiger partial charge in [-0.15, -0.1) is 0 Å². The lowest BCUT2D eigenvalue weighted by Crippen LogP contribution is -2.16. The van der Waals surface area contributed by atoms with Crippen molar-refractivity contribution in [2.45, 2.75) is 19.6 Å². The van der Waals surface area contributed by atoms with Gasteiger partial charge in [0.05, 0.1) is 6.61 Å². The highest BCUT2D eigenvalue weighted by molar-refractivity contribution is 5.46. The van der Waals surface area contributed by atoms with Crippen LogP contribution in [-0.2, 0) is 20.2 Å². The van der Waals surface area contributed by atoms with Crippen LogP contribution in [0, 0.1) is 0 Å². The molecule has 148 valence electrons. The molecule has 2 aromatic carbocycles. The molecule has 0 unspecified atom stereocenters. The highest BCUT2D eigenvalue weighted by Crippen LogP contribution is 2.18. The summed E-state index contributed by atoms with van der Waals surface area (Å²) in [6, 6.07) is 18.5. The van der Waals surface area contributed by atoms with Crippen LogP contribution in [0.3, 0.4) is 0 Å². The van der Waals surface area contributed by atoms with E-state index in [-0.39, 0.29) is 6.61 Å². The van der Waals surface area contributed by atoms with Crippen molar-refractivity contribution in [3.8, 4) is 5.75 Å². The molecular formula is C21H27N5O2. The number of hydrogen-bond donors (Lipinski definition) is 2. The number of benzene rings is 2. The van der Waals surface area contributed by atoms with Crippen molar-refractivity contribution in [3.05, 3.63) is 66.0 Å². The van der Waals surface area contributed by atoms with E-state index >= 15 is 0 Å². The van der Waals surface area contributed by atoms with E-state index in [1.807, 2.05) is 30.3 Å². The van der Waals surface area contributed by atoms with Gasteiger partial charge in [0.15, 0.2) is 5.82 Å². The zero-order chi connectivity index (χ0) is 19.8. The molecule has 1 aromatic heterocycles. The predicted octanol–water partition coefficient (Wildman–Crippen LogP) is 2.82. The first-order valence-electron chi connectivity index (χ1n) is 9.38. The Bertz CT molecular complexity index is 866. The molecule has 0 saturated heterocycles. The van der Waals surface area contributed by atoms with Gasteiger partial charge >= 0.3 is 0 Å². The average molecular weight is 381 g/mol. The number of anilines is 2. The number of nitrogens with one attached hydrogen (secondary N) is 1. The molecular weight excluding hydrogens is 354 g/mol. The minimum atomic E-state index is -0.158. The maximum Gasteiger partial charge on any atom is 0.221 e. The summed E-state index contributed by atoms with van der Waals surface area (Å²) < 4.78 is 7.51. The summed E-state index contributed by atoms with van der Waals surface area (Å²) in [5, 5.41) is 16.4. The summed E-state index contributed by atoms with van der Waals surface area (Å²) in [6.07, 6.45) is 0.829. The van der Waals surface area contributed by atoms with E-state index in [4.69, 9.17) is 9.84 Å². The van der Waals surface area contributed by atoms with Gasteiger partial charge in [-0.1, -0.05) is 30.3 Å². The third-order valence-electron chi connectivity index (χ3n) is 4.34. The SMILES string of the molecule is CN(Cc1cccc(OCCCNc2nc(CO)nn2C)c1)c1ccccc1. The number of ether oxygens (including phenoxy) is 1. The Morgan fingerprint density at radius 3 is 2.71 bits per heavy atom. The Morgan fingerprint density at radius 2 is 1.96 bits per heavy atom. The van der Waals surface area contributed by atoms with E-state index in [2.05, 4.69) is 51.6 Å². The molecule has 2 N–H and O–H groups in total. The second kappa shape index (κ2) is 9.75. The summed E-state index contributed by atoms with van der Waals surface area (Å²) in [5.74, 6) is 1.94. The Kier molecular flexibility index (Phi) is 6.86. The first kappa shape index (κ1) is 19.7. The fraction of sp³-hybridized carbons (Fsp3) is 0.333. The van der Waals surface area contributed by atoms with Gasteiger partial charge in [-0.05, 0) is 36.2 Å². The normalized spacial score (nSPS) is 10.7. The molecule has 3 rings (SSSR count). The molecule has 3 aromatic rings. The largest absolute Gasteiger partial charge is 0.494 e. The van der Waals surface area contributed by atoms with Crippen molar-refractivity contribution in [3.63, 3.8) is 0 Å². The minimum absolute atomic E-state index is 0.158. The summed E-state index contributed by atoms with van der Waals surface area (Å²) in [6.45, 7) is 1.99. The summed E-state index contributed by atoms with van der Waals surface area (Å²) in [4.78, 5) is 6.41. The van der Waals surface area contributed by atoms with Crippen LogP contribution < -0.4 is 15.0 Å². The van der Waals surface area contributed by atoms with Gasteiger partial charge in [0.2, 0.25) is 5.95 Å². The van der Waals surface area contributed by atoms with Gasteiger partial charge in [-0.2, -0.15) is 10.1 Å². The molecule has 0 radical (unpaired) electrons. The third-order valence-corrected chi connectivity index (χ3v) is 4.34. The van der Waals surface area contributed by atoms with E-state index in [0.717, 1.165) is 18.7 Å². The van der Waals surface area contributed by atoms with Crippen LogP contribution in [-0.4, -0.2) is 40.1 Å². The zero-order valence-corrected chi connectivity index (χ0v) is 16.4. The van der Waals surface area contributed by atoms with E-state index < -0.39 is 0 Å². The molecule has 1 heterocycles. The second-order valence-electron chi connectivity index (χ2n) is 6.60. The molecule has 0 atom stereocenters. The number of nitrogens with zero attached hydrogens (tertiary/aromatic N) is 4. The number of aliphatic hydroxyl groups is 1. The highest BCUT2D eigenvalue weighted by atomic mass is 16.5. The van der Waals surface area contributed by atoms with E-state index in [9.17, 15) is 0 Å². The lowest BCUT2D eigenvalue weighted by atomic mass is 10.2. The number of rotatable bonds is 10. The highest BCUT2D eigenvalue weighted by Gasteiger charge is 2.06. The number of aromatic nitrogens is 3. The van der Waals surface area contributed by atoms with Crippen molar-refractivity contribution >= 4 is 11.6 Å². The molecule has 7 nitrogen and oxygen atoms in total. The Labute approximate surface area is 165 Å². The monoisotopic (exact) mass is 381 g/mol. The molecule has 0 saturated carbocycles. The lowest BCUT2D eigenvalue weighted by Gasteiger charge is -2.19. The van der Waals surface area contributed by atoms with E-state index in [0.29, 0.717) is 24.9 Å². The Balaban J connectivity index is 1.43. The van der Waals surface area contributed by atoms with Crippen LogP contribution in [0.1, 0.15) is 17.8 Å². The summed E-state index contributed by atoms with van der Waals surface area (Å²) in [5.41, 5.74) is 2.39. The first-order valence-corrected chi connectivity index (χ1v) is 9.38. The van der Waals surface area contributed by atoms with E-state index in [1.54, 1.807) is 11.7 Å². The molecule has 0 fully saturated rings. The fourth-order valence-corrected chi connectivity index (χ4v) is 2.90. The molecule has 0 spiro atoms. The molecule has 7 heteroatoms. The minimum Gasteiger partial charge on any atom is -0.494 e. The van der Waals surface area contributed by atoms with Crippen LogP contribution >= 0.6 is 0 Å². The molecule has 0 amide bonds. The van der Waals surface area contributed by atoms with Crippen LogP contribution in [0.4, 0.5) is 11.6 Å². The number of para-hydroxylation sites is 1. The number of aryl methyl sites for hydroxylation is 1. The van der Waals surface area contributed by atoms with Gasteiger partial charge < -0.3 is 20.1 Å². The summed E-state index contributed by atoms with van der Waals surface area (Å²) in [7, 11) is 3.88. The van der Waals surface area contributed by atoms with E-state index in [1.165, 1.54) is 11.3 Å². The lowest BCUT2D eigenvalue weighted by molar-refractivity contribution is 0.271. The van der Waals surface area contributed by atoms with Crippen molar-refractivity contribution < 1.29 is 9.84 Å². The van der Waals surface area contributed by atoms with Crippen molar-refractivity contribution in [2.75, 3.05) is 30.4 Å². The second-order valence-corrected chi connectivity index (χ2v) is 6.60. The maximum atomic E-state index is 9.06. The smallest absolute Gasteiger partial charge is 0.221 e. The van der Waals surface area contributed by atoms with Gasteiger partial charge in [-0.3, -0.25) is 0 Å². The van der Waals surface area contributed by atoms with Crippen molar-refractivity contribution in [1.29, 1.82) is 0 Å². The zero-order valence-electron chi connectivity index (χ0n) is 16.4. The molecule has 0 aliphatic heterocycles. The van der Waals surface area contributed by atoms with Gasteiger partial charge in [0, 0.05) is 32.9 Å². The quantitative estimate of drug-likeness (QED) is 0.526. The van der Waals surface area contributed by atoms with Gasteiger partial charge in [-0.25, -0.2) is 4.68 Å². The fourth-order valence-electron chi connectivity index (χ4n) is 2.90. The molecule has 0 bridgehead atoms. The molecule has 28 heavy (non-hydrogen) atoms.